The Hall–Kier alpha value is 0.157. The van der Waals surface area contributed by atoms with Gasteiger partial charge in [-0.3, -0.25) is 0 Å². The van der Waals surface area contributed by atoms with Crippen LogP contribution in [0.3, 0.4) is 0 Å². The summed E-state index contributed by atoms with van der Waals surface area (Å²) >= 11 is 6.90. The maximum Gasteiger partial charge on any atom is 0.161 e. The van der Waals surface area contributed by atoms with Crippen LogP contribution in [0.2, 0.25) is 17.1 Å². The predicted molar refractivity (Wildman–Crippen MR) is 87.9 cm³/mol. The fourth-order valence-electron chi connectivity index (χ4n) is 2.22. The molecule has 0 aliphatic heterocycles. The van der Waals surface area contributed by atoms with E-state index in [0.29, 0.717) is 11.1 Å². The van der Waals surface area contributed by atoms with Crippen molar-refractivity contribution in [1.29, 1.82) is 0 Å². The highest BCUT2D eigenvalue weighted by molar-refractivity contribution is 7.21. The molecule has 0 aromatic heterocycles. The van der Waals surface area contributed by atoms with Gasteiger partial charge in [0.1, 0.15) is 0 Å². The highest BCUT2D eigenvalue weighted by Crippen LogP contribution is 2.40. The van der Waals surface area contributed by atoms with E-state index in [1.165, 1.54) is 11.6 Å². The average Bonchev–Trinajstić information content (AvgIpc) is 2.26. The van der Waals surface area contributed by atoms with Gasteiger partial charge in [-0.15, -0.1) is 0 Å². The summed E-state index contributed by atoms with van der Waals surface area (Å²) in [6.07, 6.45) is 1.13. The number of benzene rings is 1. The van der Waals surface area contributed by atoms with E-state index in [9.17, 15) is 0 Å². The third-order valence-corrected chi connectivity index (χ3v) is 11.6. The van der Waals surface area contributed by atoms with Gasteiger partial charge in [0.2, 0.25) is 0 Å². The Kier molecular flexibility index (Phi) is 7.63. The summed E-state index contributed by atoms with van der Waals surface area (Å²) in [7, 11) is -1.61. The molecule has 0 saturated heterocycles. The Morgan fingerprint density at radius 1 is 1.00 bits per heavy atom. The van der Waals surface area contributed by atoms with Crippen LogP contribution in [0.4, 0.5) is 0 Å². The molecule has 1 atom stereocenters. The summed E-state index contributed by atoms with van der Waals surface area (Å²) < 4.78 is 0. The van der Waals surface area contributed by atoms with Gasteiger partial charge in [0.15, 0.2) is 7.38 Å². The van der Waals surface area contributed by atoms with E-state index >= 15 is 0 Å². The summed E-state index contributed by atoms with van der Waals surface area (Å²) in [5, 5.41) is 0. The average molecular weight is 289 g/mol. The molecular weight excluding hydrogens is 263 g/mol. The van der Waals surface area contributed by atoms with E-state index in [-0.39, 0.29) is 9.90 Å². The normalized spacial score (nSPS) is 11.7. The van der Waals surface area contributed by atoms with E-state index in [1.807, 2.05) is 0 Å². The van der Waals surface area contributed by atoms with Gasteiger partial charge < -0.3 is 0 Å². The van der Waals surface area contributed by atoms with E-state index in [2.05, 4.69) is 58.0 Å². The summed E-state index contributed by atoms with van der Waals surface area (Å²) in [4.78, 5) is 0. The van der Waals surface area contributed by atoms with Crippen LogP contribution in [-0.2, 0) is 6.42 Å². The lowest BCUT2D eigenvalue weighted by molar-refractivity contribution is 0.890. The van der Waals surface area contributed by atoms with Gasteiger partial charge in [0.25, 0.3) is 0 Å². The zero-order valence-corrected chi connectivity index (χ0v) is 14.7. The SMILES string of the molecule is CC(C)[Si](Cl)(CCc1ccccc1)C(C)C.P. The number of rotatable bonds is 5. The van der Waals surface area contributed by atoms with Crippen LogP contribution < -0.4 is 0 Å². The number of hydrogen-bond donors (Lipinski definition) is 0. The first-order valence-electron chi connectivity index (χ1n) is 6.19. The van der Waals surface area contributed by atoms with Crippen LogP contribution in [0.5, 0.6) is 0 Å². The molecule has 0 fully saturated rings. The lowest BCUT2D eigenvalue weighted by Crippen LogP contribution is -2.35. The van der Waals surface area contributed by atoms with Crippen molar-refractivity contribution in [2.75, 3.05) is 0 Å². The summed E-state index contributed by atoms with van der Waals surface area (Å²) in [5.74, 6) is 0. The molecule has 0 bridgehead atoms. The van der Waals surface area contributed by atoms with Crippen molar-refractivity contribution >= 4 is 28.4 Å². The molecule has 0 aliphatic carbocycles. The molecule has 0 heterocycles. The van der Waals surface area contributed by atoms with E-state index in [1.54, 1.807) is 0 Å². The molecule has 0 amide bonds. The molecule has 1 aromatic carbocycles. The summed E-state index contributed by atoms with van der Waals surface area (Å²) in [5.41, 5.74) is 2.72. The second kappa shape index (κ2) is 7.56. The molecule has 0 saturated carbocycles. The summed E-state index contributed by atoms with van der Waals surface area (Å²) in [6.45, 7) is 9.13. The van der Waals surface area contributed by atoms with E-state index in [4.69, 9.17) is 11.1 Å². The molecule has 0 radical (unpaired) electrons. The molecule has 98 valence electrons. The quantitative estimate of drug-likeness (QED) is 0.392. The van der Waals surface area contributed by atoms with Gasteiger partial charge in [-0.2, -0.15) is 21.0 Å². The highest BCUT2D eigenvalue weighted by atomic mass is 35.6. The molecular formula is C14H26ClPSi. The van der Waals surface area contributed by atoms with Crippen molar-refractivity contribution in [3.63, 3.8) is 0 Å². The molecule has 17 heavy (non-hydrogen) atoms. The van der Waals surface area contributed by atoms with Crippen molar-refractivity contribution in [3.05, 3.63) is 35.9 Å². The third kappa shape index (κ3) is 4.73. The number of hydrogen-bond acceptors (Lipinski definition) is 0. The Morgan fingerprint density at radius 2 is 1.47 bits per heavy atom. The Labute approximate surface area is 115 Å². The van der Waals surface area contributed by atoms with Gasteiger partial charge in [-0.05, 0) is 29.1 Å². The minimum atomic E-state index is -1.61. The van der Waals surface area contributed by atoms with Gasteiger partial charge in [0.05, 0.1) is 0 Å². The van der Waals surface area contributed by atoms with Crippen molar-refractivity contribution in [3.8, 4) is 0 Å². The first kappa shape index (κ1) is 17.2. The number of aryl methyl sites for hydroxylation is 1. The maximum absolute atomic E-state index is 6.90. The van der Waals surface area contributed by atoms with Crippen LogP contribution in [-0.4, -0.2) is 7.38 Å². The Bertz CT molecular complexity index is 303. The van der Waals surface area contributed by atoms with Crippen molar-refractivity contribution in [2.45, 2.75) is 51.2 Å². The van der Waals surface area contributed by atoms with Crippen molar-refractivity contribution in [2.24, 2.45) is 0 Å². The number of halogens is 1. The topological polar surface area (TPSA) is 0 Å². The predicted octanol–water partition coefficient (Wildman–Crippen LogP) is 5.29. The molecule has 0 aliphatic rings. The summed E-state index contributed by atoms with van der Waals surface area (Å²) in [6, 6.07) is 11.9. The second-order valence-corrected chi connectivity index (χ2v) is 12.0. The maximum atomic E-state index is 6.90. The van der Waals surface area contributed by atoms with E-state index in [0.717, 1.165) is 6.42 Å². The standard InChI is InChI=1S/C14H23ClSi.H3P/c1-12(2)16(15,13(3)4)11-10-14-8-6-5-7-9-14;/h5-9,12-13H,10-11H2,1-4H3;1H3. The zero-order valence-electron chi connectivity index (χ0n) is 11.5. The first-order valence-corrected chi connectivity index (χ1v) is 9.57. The molecule has 1 aromatic rings. The van der Waals surface area contributed by atoms with Crippen LogP contribution in [0.1, 0.15) is 33.3 Å². The van der Waals surface area contributed by atoms with Gasteiger partial charge in [-0.25, -0.2) is 0 Å². The van der Waals surface area contributed by atoms with Crippen LogP contribution in [0.15, 0.2) is 30.3 Å². The monoisotopic (exact) mass is 288 g/mol. The fourth-order valence-corrected chi connectivity index (χ4v) is 5.67. The smallest absolute Gasteiger partial charge is 0.161 e. The Balaban J connectivity index is 0.00000256. The van der Waals surface area contributed by atoms with Crippen molar-refractivity contribution < 1.29 is 0 Å². The lowest BCUT2D eigenvalue weighted by Gasteiger charge is -2.32. The fraction of sp³-hybridized carbons (Fsp3) is 0.571. The first-order chi connectivity index (χ1) is 7.47. The van der Waals surface area contributed by atoms with Crippen LogP contribution >= 0.6 is 21.0 Å². The van der Waals surface area contributed by atoms with E-state index < -0.39 is 7.38 Å². The van der Waals surface area contributed by atoms with Crippen LogP contribution in [0.25, 0.3) is 0 Å². The lowest BCUT2D eigenvalue weighted by atomic mass is 10.2. The minimum Gasteiger partial charge on any atom is -0.166 e. The highest BCUT2D eigenvalue weighted by Gasteiger charge is 2.37. The molecule has 0 N–H and O–H groups in total. The van der Waals surface area contributed by atoms with Crippen LogP contribution in [0, 0.1) is 0 Å². The second-order valence-electron chi connectivity index (χ2n) is 5.22. The Morgan fingerprint density at radius 3 is 1.88 bits per heavy atom. The van der Waals surface area contributed by atoms with Gasteiger partial charge in [-0.1, -0.05) is 58.0 Å². The minimum absolute atomic E-state index is 0. The van der Waals surface area contributed by atoms with Gasteiger partial charge >= 0.3 is 0 Å². The largest absolute Gasteiger partial charge is 0.166 e. The van der Waals surface area contributed by atoms with Gasteiger partial charge in [0, 0.05) is 0 Å². The molecule has 1 rings (SSSR count). The third-order valence-electron chi connectivity index (χ3n) is 3.56. The molecule has 0 nitrogen and oxygen atoms in total. The zero-order chi connectivity index (χ0) is 12.2. The molecule has 3 heteroatoms. The molecule has 1 unspecified atom stereocenters. The molecule has 0 spiro atoms. The van der Waals surface area contributed by atoms with Crippen molar-refractivity contribution in [1.82, 2.24) is 0 Å².